The molecule has 10 heteroatoms. The molecule has 0 heterocycles. The van der Waals surface area contributed by atoms with E-state index in [4.69, 9.17) is 5.73 Å². The van der Waals surface area contributed by atoms with Gasteiger partial charge in [0.25, 0.3) is 5.91 Å². The van der Waals surface area contributed by atoms with Gasteiger partial charge in [-0.2, -0.15) is 0 Å². The van der Waals surface area contributed by atoms with Crippen molar-refractivity contribution in [2.75, 3.05) is 20.6 Å². The molecule has 6 atom stereocenters. The molecule has 4 rings (SSSR count). The second-order valence-corrected chi connectivity index (χ2v) is 10.1. The van der Waals surface area contributed by atoms with E-state index in [1.165, 1.54) is 11.0 Å². The molecule has 1 amide bonds. The maximum Gasteiger partial charge on any atom is 0.255 e. The highest BCUT2D eigenvalue weighted by Gasteiger charge is 2.66. The van der Waals surface area contributed by atoms with Crippen LogP contribution in [0.2, 0.25) is 0 Å². The zero-order chi connectivity index (χ0) is 26.7. The third kappa shape index (κ3) is 3.39. The number of nitrogens with one attached hydrogen (secondary N) is 1. The lowest BCUT2D eigenvalue weighted by Gasteiger charge is -2.55. The fourth-order valence-electron chi connectivity index (χ4n) is 6.23. The molecule has 10 nitrogen and oxygen atoms in total. The number of aliphatic hydroxyl groups excluding tert-OH is 2. The smallest absolute Gasteiger partial charge is 0.255 e. The van der Waals surface area contributed by atoms with Crippen molar-refractivity contribution in [3.63, 3.8) is 0 Å². The normalized spacial score (nSPS) is 31.8. The Labute approximate surface area is 209 Å². The number of hydrogen-bond acceptors (Lipinski definition) is 9. The monoisotopic (exact) mass is 499 g/mol. The molecule has 0 bridgehead atoms. The summed E-state index contributed by atoms with van der Waals surface area (Å²) < 4.78 is 0. The Kier molecular flexibility index (Phi) is 6.48. The molecule has 0 aliphatic heterocycles. The van der Waals surface area contributed by atoms with Crippen LogP contribution in [0.5, 0.6) is 5.75 Å². The first kappa shape index (κ1) is 25.9. The fraction of sp³-hybridized carbons (Fsp3) is 0.500. The summed E-state index contributed by atoms with van der Waals surface area (Å²) in [6.45, 7) is 4.06. The maximum atomic E-state index is 13.9. The Morgan fingerprint density at radius 3 is 2.47 bits per heavy atom. The standard InChI is InChI=1S/C26H33N3O7/c1-5-6-10-28-23-16-14(11(2)12-8-7-9-13(30)15(12)20(16)31)21(32)18-19(29(3)4)22(33)17(25(27)35)24(34)26(18,23)36/h7-9,11,14,18-19,21,28,30,32,34,36H,5-6,10H2,1-4H3,(H2,27,35)/t11-,14?,18?,19-,21?,26-/m0/s1. The number of aliphatic hydroxyl groups is 3. The van der Waals surface area contributed by atoms with Gasteiger partial charge in [-0.3, -0.25) is 19.3 Å². The number of likely N-dealkylation sites (N-methyl/N-ethyl adjacent to an activating group) is 1. The molecule has 3 unspecified atom stereocenters. The van der Waals surface area contributed by atoms with E-state index in [9.17, 15) is 34.8 Å². The van der Waals surface area contributed by atoms with Gasteiger partial charge < -0.3 is 31.5 Å². The second-order valence-electron chi connectivity index (χ2n) is 10.1. The minimum atomic E-state index is -2.48. The lowest BCUT2D eigenvalue weighted by Crippen LogP contribution is -2.69. The van der Waals surface area contributed by atoms with Crippen LogP contribution < -0.4 is 11.1 Å². The molecule has 3 aliphatic carbocycles. The van der Waals surface area contributed by atoms with Crippen LogP contribution in [0.3, 0.4) is 0 Å². The van der Waals surface area contributed by atoms with E-state index in [1.807, 2.05) is 6.92 Å². The number of phenolic OH excluding ortho intramolecular Hbond substituents is 1. The molecule has 7 N–H and O–H groups in total. The summed E-state index contributed by atoms with van der Waals surface area (Å²) in [5.74, 6) is -6.55. The van der Waals surface area contributed by atoms with E-state index in [-0.39, 0.29) is 22.6 Å². The Bertz CT molecular complexity index is 1200. The summed E-state index contributed by atoms with van der Waals surface area (Å²) in [4.78, 5) is 41.0. The predicted octanol–water partition coefficient (Wildman–Crippen LogP) is 0.484. The lowest BCUT2D eigenvalue weighted by atomic mass is 9.55. The van der Waals surface area contributed by atoms with Crippen LogP contribution in [0.4, 0.5) is 0 Å². The van der Waals surface area contributed by atoms with Crippen LogP contribution in [-0.4, -0.2) is 81.2 Å². The number of ketones is 2. The number of amides is 1. The van der Waals surface area contributed by atoms with Gasteiger partial charge in [-0.15, -0.1) is 0 Å². The molecule has 0 spiro atoms. The van der Waals surface area contributed by atoms with E-state index in [0.29, 0.717) is 18.5 Å². The van der Waals surface area contributed by atoms with Crippen molar-refractivity contribution in [2.24, 2.45) is 17.6 Å². The Hall–Kier alpha value is -3.21. The summed E-state index contributed by atoms with van der Waals surface area (Å²) in [5.41, 5.74) is 2.70. The molecular weight excluding hydrogens is 466 g/mol. The number of benzene rings is 1. The first-order valence-corrected chi connectivity index (χ1v) is 12.1. The summed E-state index contributed by atoms with van der Waals surface area (Å²) in [7, 11) is 3.12. The first-order valence-electron chi connectivity index (χ1n) is 12.1. The van der Waals surface area contributed by atoms with E-state index < -0.39 is 64.3 Å². The van der Waals surface area contributed by atoms with Gasteiger partial charge in [-0.05, 0) is 38.1 Å². The number of aromatic hydroxyl groups is 1. The minimum Gasteiger partial charge on any atom is -0.508 e. The molecule has 1 aromatic rings. The van der Waals surface area contributed by atoms with Gasteiger partial charge >= 0.3 is 0 Å². The number of fused-ring (bicyclic) bond motifs is 3. The molecular formula is C26H33N3O7. The van der Waals surface area contributed by atoms with Crippen molar-refractivity contribution < 1.29 is 34.8 Å². The lowest BCUT2D eigenvalue weighted by molar-refractivity contribution is -0.146. The van der Waals surface area contributed by atoms with E-state index in [0.717, 1.165) is 6.42 Å². The van der Waals surface area contributed by atoms with Gasteiger partial charge in [-0.1, -0.05) is 32.4 Å². The van der Waals surface area contributed by atoms with Crippen LogP contribution >= 0.6 is 0 Å². The summed E-state index contributed by atoms with van der Waals surface area (Å²) in [6, 6.07) is 3.47. The molecule has 0 fully saturated rings. The second kappa shape index (κ2) is 9.02. The predicted molar refractivity (Wildman–Crippen MR) is 130 cm³/mol. The van der Waals surface area contributed by atoms with E-state index in [2.05, 4.69) is 5.32 Å². The molecule has 0 saturated carbocycles. The van der Waals surface area contributed by atoms with Gasteiger partial charge in [0.1, 0.15) is 17.1 Å². The number of unbranched alkanes of at least 4 members (excludes halogenated alkanes) is 1. The third-order valence-electron chi connectivity index (χ3n) is 7.87. The number of rotatable bonds is 6. The molecule has 194 valence electrons. The average molecular weight is 500 g/mol. The summed E-state index contributed by atoms with van der Waals surface area (Å²) in [5, 5.41) is 48.9. The van der Waals surface area contributed by atoms with Crippen LogP contribution in [0.15, 0.2) is 40.8 Å². The summed E-state index contributed by atoms with van der Waals surface area (Å²) >= 11 is 0. The number of nitrogens with zero attached hydrogens (tertiary/aromatic N) is 1. The Morgan fingerprint density at radius 2 is 1.89 bits per heavy atom. The number of primary amides is 1. The first-order chi connectivity index (χ1) is 16.9. The van der Waals surface area contributed by atoms with E-state index in [1.54, 1.807) is 33.2 Å². The SMILES string of the molecule is CCCCNC1=C2C(=O)c3c(O)cccc3[C@H](C)C2C(O)C2[C@H](N(C)C)C(=O)C(C(N)=O)=C(O)[C@@]12O. The largest absolute Gasteiger partial charge is 0.508 e. The van der Waals surface area contributed by atoms with Gasteiger partial charge in [0.15, 0.2) is 17.2 Å². The van der Waals surface area contributed by atoms with Crippen molar-refractivity contribution in [1.29, 1.82) is 0 Å². The minimum absolute atomic E-state index is 0.000999. The topological polar surface area (TPSA) is 173 Å². The van der Waals surface area contributed by atoms with Gasteiger partial charge in [0.2, 0.25) is 0 Å². The highest BCUT2D eigenvalue weighted by molar-refractivity contribution is 6.22. The zero-order valence-corrected chi connectivity index (χ0v) is 20.8. The van der Waals surface area contributed by atoms with Crippen molar-refractivity contribution in [1.82, 2.24) is 10.2 Å². The quantitative estimate of drug-likeness (QED) is 0.240. The number of nitrogens with two attached hydrogens (primary N) is 1. The number of hydrogen-bond donors (Lipinski definition) is 6. The molecule has 3 aliphatic rings. The summed E-state index contributed by atoms with van der Waals surface area (Å²) in [6.07, 6.45) is -0.0337. The fourth-order valence-corrected chi connectivity index (χ4v) is 6.23. The van der Waals surface area contributed by atoms with Crippen LogP contribution in [0.25, 0.3) is 0 Å². The number of carbonyl (C=O) groups excluding carboxylic acids is 3. The maximum absolute atomic E-state index is 13.9. The Morgan fingerprint density at radius 1 is 1.22 bits per heavy atom. The highest BCUT2D eigenvalue weighted by atomic mass is 16.3. The third-order valence-corrected chi connectivity index (χ3v) is 7.87. The van der Waals surface area contributed by atoms with Gasteiger partial charge in [0.05, 0.1) is 29.3 Å². The number of Topliss-reactive ketones (excluding diaryl/α,β-unsaturated/α-hetero) is 2. The van der Waals surface area contributed by atoms with Crippen LogP contribution in [0.1, 0.15) is 48.5 Å². The van der Waals surface area contributed by atoms with Crippen molar-refractivity contribution in [3.8, 4) is 5.75 Å². The highest BCUT2D eigenvalue weighted by Crippen LogP contribution is 2.56. The molecule has 36 heavy (non-hydrogen) atoms. The molecule has 0 saturated heterocycles. The molecule has 0 radical (unpaired) electrons. The molecule has 1 aromatic carbocycles. The van der Waals surface area contributed by atoms with Crippen LogP contribution in [-0.2, 0) is 9.59 Å². The van der Waals surface area contributed by atoms with Gasteiger partial charge in [-0.25, -0.2) is 0 Å². The number of carbonyl (C=O) groups is 3. The average Bonchev–Trinajstić information content (AvgIpc) is 2.80. The zero-order valence-electron chi connectivity index (χ0n) is 20.8. The van der Waals surface area contributed by atoms with Crippen LogP contribution in [0, 0.1) is 11.8 Å². The van der Waals surface area contributed by atoms with E-state index >= 15 is 0 Å². The van der Waals surface area contributed by atoms with Crippen molar-refractivity contribution in [3.05, 3.63) is 51.9 Å². The van der Waals surface area contributed by atoms with Gasteiger partial charge in [0, 0.05) is 18.0 Å². The molecule has 0 aromatic heterocycles. The Balaban J connectivity index is 2.11. The van der Waals surface area contributed by atoms with Crippen molar-refractivity contribution in [2.45, 2.75) is 50.4 Å². The van der Waals surface area contributed by atoms with Crippen molar-refractivity contribution >= 4 is 17.5 Å². The number of phenols is 1.